The van der Waals surface area contributed by atoms with Crippen molar-refractivity contribution in [1.29, 1.82) is 0 Å². The molecule has 1 aliphatic carbocycles. The van der Waals surface area contributed by atoms with E-state index in [2.05, 4.69) is 94.6 Å². The molecule has 0 unspecified atom stereocenters. The first-order valence-electron chi connectivity index (χ1n) is 8.97. The largest absolute Gasteiger partial charge is 0.252 e. The number of rotatable bonds is 3. The summed E-state index contributed by atoms with van der Waals surface area (Å²) in [5.41, 5.74) is 7.93. The fourth-order valence-electron chi connectivity index (χ4n) is 4.04. The van der Waals surface area contributed by atoms with Crippen molar-refractivity contribution < 1.29 is 4.57 Å². The van der Waals surface area contributed by atoms with Gasteiger partial charge in [-0.1, -0.05) is 78.9 Å². The van der Waals surface area contributed by atoms with E-state index in [-0.39, 0.29) is 5.92 Å². The Balaban J connectivity index is 1.67. The molecular weight excluding hydrogens is 316 g/mol. The summed E-state index contributed by atoms with van der Waals surface area (Å²) in [5.74, 6) is 0.222. The zero-order valence-corrected chi connectivity index (χ0v) is 14.4. The molecule has 2 nitrogen and oxygen atoms in total. The van der Waals surface area contributed by atoms with Gasteiger partial charge in [-0.05, 0) is 22.3 Å². The van der Waals surface area contributed by atoms with Crippen LogP contribution in [0.25, 0.3) is 11.1 Å². The van der Waals surface area contributed by atoms with E-state index in [4.69, 9.17) is 0 Å². The Morgan fingerprint density at radius 1 is 0.731 bits per heavy atom. The maximum Gasteiger partial charge on any atom is 0.212 e. The van der Waals surface area contributed by atoms with Crippen LogP contribution in [-0.2, 0) is 6.54 Å². The van der Waals surface area contributed by atoms with Gasteiger partial charge in [0.15, 0.2) is 12.7 Å². The lowest BCUT2D eigenvalue weighted by atomic mass is 9.93. The molecule has 0 N–H and O–H groups in total. The minimum Gasteiger partial charge on any atom is -0.252 e. The lowest BCUT2D eigenvalue weighted by Gasteiger charge is -2.12. The number of hydrogen-bond acceptors (Lipinski definition) is 1. The lowest BCUT2D eigenvalue weighted by molar-refractivity contribution is -0.696. The highest BCUT2D eigenvalue weighted by Crippen LogP contribution is 2.46. The van der Waals surface area contributed by atoms with Gasteiger partial charge in [0.2, 0.25) is 5.69 Å². The Kier molecular flexibility index (Phi) is 3.60. The second-order valence-corrected chi connectivity index (χ2v) is 6.72. The first-order valence-corrected chi connectivity index (χ1v) is 8.97. The maximum absolute atomic E-state index is 4.46. The molecule has 2 heteroatoms. The number of nitrogens with zero attached hydrogens (tertiary/aromatic N) is 2. The number of fused-ring (bicyclic) bond motifs is 3. The van der Waals surface area contributed by atoms with Gasteiger partial charge in [-0.25, -0.2) is 0 Å². The van der Waals surface area contributed by atoms with Gasteiger partial charge in [0, 0.05) is 5.56 Å². The van der Waals surface area contributed by atoms with E-state index >= 15 is 0 Å². The van der Waals surface area contributed by atoms with Gasteiger partial charge in [-0.3, -0.25) is 4.98 Å². The van der Waals surface area contributed by atoms with Crippen molar-refractivity contribution in [1.82, 2.24) is 4.98 Å². The van der Waals surface area contributed by atoms with E-state index in [1.807, 2.05) is 12.4 Å². The van der Waals surface area contributed by atoms with E-state index in [0.29, 0.717) is 0 Å². The first kappa shape index (κ1) is 15.0. The fourth-order valence-corrected chi connectivity index (χ4v) is 4.04. The van der Waals surface area contributed by atoms with Crippen LogP contribution in [0, 0.1) is 0 Å². The third kappa shape index (κ3) is 2.42. The minimum absolute atomic E-state index is 0.222. The number of benzene rings is 3. The second-order valence-electron chi connectivity index (χ2n) is 6.72. The third-order valence-corrected chi connectivity index (χ3v) is 5.20. The highest BCUT2D eigenvalue weighted by Gasteiger charge is 2.34. The molecule has 0 saturated heterocycles. The Labute approximate surface area is 153 Å². The molecule has 1 aromatic heterocycles. The van der Waals surface area contributed by atoms with E-state index in [9.17, 15) is 0 Å². The van der Waals surface area contributed by atoms with Gasteiger partial charge in [0.1, 0.15) is 0 Å². The molecule has 0 amide bonds. The summed E-state index contributed by atoms with van der Waals surface area (Å²) < 4.78 is 2.33. The Bertz CT molecular complexity index is 1020. The molecule has 0 spiro atoms. The first-order chi connectivity index (χ1) is 12.9. The average Bonchev–Trinajstić information content (AvgIpc) is 3.04. The van der Waals surface area contributed by atoms with Gasteiger partial charge in [-0.2, -0.15) is 4.57 Å². The van der Waals surface area contributed by atoms with Crippen LogP contribution < -0.4 is 4.57 Å². The summed E-state index contributed by atoms with van der Waals surface area (Å²) in [5, 5.41) is 0. The normalized spacial score (nSPS) is 12.6. The molecule has 26 heavy (non-hydrogen) atoms. The van der Waals surface area contributed by atoms with Crippen LogP contribution in [0.4, 0.5) is 0 Å². The van der Waals surface area contributed by atoms with Crippen molar-refractivity contribution in [3.05, 3.63) is 120 Å². The molecule has 0 radical (unpaired) electrons. The molecule has 4 aromatic rings. The molecule has 1 heterocycles. The molecule has 0 bridgehead atoms. The third-order valence-electron chi connectivity index (χ3n) is 5.20. The molecular formula is C24H19N2+. The van der Waals surface area contributed by atoms with Crippen LogP contribution in [0.5, 0.6) is 0 Å². The van der Waals surface area contributed by atoms with Crippen molar-refractivity contribution in [2.24, 2.45) is 0 Å². The summed E-state index contributed by atoms with van der Waals surface area (Å²) in [4.78, 5) is 4.46. The van der Waals surface area contributed by atoms with Crippen molar-refractivity contribution in [3.63, 3.8) is 0 Å². The van der Waals surface area contributed by atoms with Gasteiger partial charge in [0.05, 0.1) is 18.3 Å². The zero-order valence-electron chi connectivity index (χ0n) is 14.4. The van der Waals surface area contributed by atoms with Crippen molar-refractivity contribution in [3.8, 4) is 11.1 Å². The van der Waals surface area contributed by atoms with Gasteiger partial charge >= 0.3 is 0 Å². The van der Waals surface area contributed by atoms with Crippen LogP contribution in [0.3, 0.4) is 0 Å². The predicted molar refractivity (Wildman–Crippen MR) is 103 cm³/mol. The second kappa shape index (κ2) is 6.23. The van der Waals surface area contributed by atoms with Crippen LogP contribution in [-0.4, -0.2) is 4.98 Å². The molecule has 3 aromatic carbocycles. The quantitative estimate of drug-likeness (QED) is 0.441. The van der Waals surface area contributed by atoms with Crippen LogP contribution in [0.1, 0.15) is 28.3 Å². The molecule has 5 rings (SSSR count). The fraction of sp³-hybridized carbons (Fsp3) is 0.0833. The Morgan fingerprint density at radius 3 is 2.04 bits per heavy atom. The summed E-state index contributed by atoms with van der Waals surface area (Å²) in [7, 11) is 0. The zero-order chi connectivity index (χ0) is 17.3. The van der Waals surface area contributed by atoms with Crippen LogP contribution in [0.15, 0.2) is 97.5 Å². The maximum atomic E-state index is 4.46. The van der Waals surface area contributed by atoms with E-state index in [1.54, 1.807) is 0 Å². The van der Waals surface area contributed by atoms with Crippen molar-refractivity contribution in [2.75, 3.05) is 0 Å². The van der Waals surface area contributed by atoms with Crippen molar-refractivity contribution in [2.45, 2.75) is 12.5 Å². The topological polar surface area (TPSA) is 16.8 Å². The number of hydrogen-bond donors (Lipinski definition) is 0. The van der Waals surface area contributed by atoms with Gasteiger partial charge in [0.25, 0.3) is 0 Å². The predicted octanol–water partition coefficient (Wildman–Crippen LogP) is 4.58. The molecule has 0 aliphatic heterocycles. The standard InChI is InChI=1S/C24H19N2/c1-2-8-18(9-3-1)17-26-15-14-25-16-23(26)24-21-12-6-4-10-19(21)20-11-5-7-13-22(20)24/h1-16,24H,17H2/q+1. The highest BCUT2D eigenvalue weighted by molar-refractivity contribution is 5.80. The van der Waals surface area contributed by atoms with Gasteiger partial charge in [-0.15, -0.1) is 0 Å². The summed E-state index contributed by atoms with van der Waals surface area (Å²) in [6, 6.07) is 28.1. The van der Waals surface area contributed by atoms with Crippen molar-refractivity contribution >= 4 is 0 Å². The Morgan fingerprint density at radius 2 is 1.35 bits per heavy atom. The monoisotopic (exact) mass is 335 g/mol. The van der Waals surface area contributed by atoms with E-state index in [0.717, 1.165) is 6.54 Å². The Hall–Kier alpha value is -3.26. The SMILES string of the molecule is c1ccc(C[n+]2ccncc2C2c3ccccc3-c3ccccc32)cc1. The van der Waals surface area contributed by atoms with E-state index in [1.165, 1.54) is 33.5 Å². The number of aromatic nitrogens is 2. The van der Waals surface area contributed by atoms with Crippen LogP contribution >= 0.6 is 0 Å². The smallest absolute Gasteiger partial charge is 0.212 e. The van der Waals surface area contributed by atoms with Gasteiger partial charge < -0.3 is 0 Å². The van der Waals surface area contributed by atoms with E-state index < -0.39 is 0 Å². The molecule has 0 atom stereocenters. The molecule has 1 aliphatic rings. The summed E-state index contributed by atoms with van der Waals surface area (Å²) >= 11 is 0. The molecule has 0 saturated carbocycles. The summed E-state index contributed by atoms with van der Waals surface area (Å²) in [6.45, 7) is 0.847. The highest BCUT2D eigenvalue weighted by atomic mass is 15.0. The van der Waals surface area contributed by atoms with Crippen LogP contribution in [0.2, 0.25) is 0 Å². The lowest BCUT2D eigenvalue weighted by Crippen LogP contribution is -2.40. The molecule has 124 valence electrons. The summed E-state index contributed by atoms with van der Waals surface area (Å²) in [6.07, 6.45) is 5.98. The molecule has 0 fully saturated rings. The average molecular weight is 335 g/mol. The minimum atomic E-state index is 0.222.